The molecule has 12 N–H and O–H groups in total. The number of aliphatic hydroxyl groups excluding tert-OH is 5. The highest BCUT2D eigenvalue weighted by molar-refractivity contribution is 6.31. The lowest BCUT2D eigenvalue weighted by Crippen LogP contribution is -2.50. The number of carbonyl (C=O) groups is 2. The summed E-state index contributed by atoms with van der Waals surface area (Å²) in [6.45, 7) is 6.39. The number of rotatable bonds is 25. The number of nitrogens with two attached hydrogens (primary N) is 2. The van der Waals surface area contributed by atoms with Crippen molar-refractivity contribution in [3.63, 3.8) is 0 Å². The topological polar surface area (TPSA) is 252 Å². The molecule has 320 valence electrons. The van der Waals surface area contributed by atoms with Gasteiger partial charge in [-0.2, -0.15) is 0 Å². The van der Waals surface area contributed by atoms with E-state index in [1.807, 2.05) is 29.2 Å². The van der Waals surface area contributed by atoms with Crippen LogP contribution in [0.4, 0.5) is 11.6 Å². The molecule has 0 spiro atoms. The number of amides is 2. The van der Waals surface area contributed by atoms with Gasteiger partial charge in [0.25, 0.3) is 11.8 Å². The predicted molar refractivity (Wildman–Crippen MR) is 228 cm³/mol. The van der Waals surface area contributed by atoms with E-state index in [2.05, 4.69) is 51.9 Å². The number of aromatic nitrogens is 2. The Bertz CT molecular complexity index is 1630. The van der Waals surface area contributed by atoms with Crippen LogP contribution in [0.3, 0.4) is 0 Å². The number of unbranched alkanes of at least 4 members (excludes halogenated alkanes) is 3. The molecule has 0 aliphatic carbocycles. The van der Waals surface area contributed by atoms with Gasteiger partial charge in [0.2, 0.25) is 0 Å². The molecule has 5 atom stereocenters. The van der Waals surface area contributed by atoms with E-state index in [0.717, 1.165) is 43.2 Å². The second kappa shape index (κ2) is 27.4. The third kappa shape index (κ3) is 17.6. The Morgan fingerprint density at radius 1 is 0.825 bits per heavy atom. The van der Waals surface area contributed by atoms with Crippen LogP contribution in [0, 0.1) is 12.8 Å². The van der Waals surface area contributed by atoms with Gasteiger partial charge in [0.05, 0.1) is 12.7 Å². The number of anilines is 2. The van der Waals surface area contributed by atoms with Crippen molar-refractivity contribution in [1.29, 1.82) is 0 Å². The lowest BCUT2D eigenvalue weighted by Gasteiger charge is -2.30. The SMILES string of the molecule is CCCCCCN(CCNC(=O)c1ccc(CCNCC(CNC(=O)c2nc(Cl)c(N)nc2N)Cc2ccccc2C)cc1)CC(O)C(O)C(O)C(O)CO.Cl.Cl. The first kappa shape index (κ1) is 51.7. The van der Waals surface area contributed by atoms with Gasteiger partial charge in [0.15, 0.2) is 22.5 Å². The van der Waals surface area contributed by atoms with Crippen molar-refractivity contribution in [3.8, 4) is 0 Å². The van der Waals surface area contributed by atoms with E-state index in [1.54, 1.807) is 12.1 Å². The molecule has 0 aliphatic heterocycles. The highest BCUT2D eigenvalue weighted by atomic mass is 35.5. The number of aliphatic hydroxyl groups is 5. The van der Waals surface area contributed by atoms with Gasteiger partial charge >= 0.3 is 0 Å². The number of nitrogen functional groups attached to an aromatic ring is 2. The van der Waals surface area contributed by atoms with Crippen molar-refractivity contribution in [1.82, 2.24) is 30.8 Å². The van der Waals surface area contributed by atoms with Crippen molar-refractivity contribution in [2.45, 2.75) is 76.8 Å². The van der Waals surface area contributed by atoms with Gasteiger partial charge in [-0.1, -0.05) is 74.2 Å². The molecule has 3 aromatic rings. The van der Waals surface area contributed by atoms with E-state index in [9.17, 15) is 30.0 Å². The van der Waals surface area contributed by atoms with Gasteiger partial charge < -0.3 is 53.0 Å². The van der Waals surface area contributed by atoms with Crippen molar-refractivity contribution in [2.24, 2.45) is 5.92 Å². The van der Waals surface area contributed by atoms with Gasteiger partial charge in [-0.3, -0.25) is 14.5 Å². The zero-order valence-electron chi connectivity index (χ0n) is 32.6. The van der Waals surface area contributed by atoms with Crippen LogP contribution in [0.1, 0.15) is 70.1 Å². The summed E-state index contributed by atoms with van der Waals surface area (Å²) in [5, 5.41) is 58.8. The number of halogens is 3. The van der Waals surface area contributed by atoms with E-state index >= 15 is 0 Å². The monoisotopic (exact) mass is 858 g/mol. The first-order valence-corrected chi connectivity index (χ1v) is 19.3. The quantitative estimate of drug-likeness (QED) is 0.0548. The summed E-state index contributed by atoms with van der Waals surface area (Å²) in [4.78, 5) is 35.7. The predicted octanol–water partition coefficient (Wildman–Crippen LogP) is 1.92. The number of carbonyl (C=O) groups excluding carboxylic acids is 2. The average molecular weight is 860 g/mol. The van der Waals surface area contributed by atoms with E-state index in [0.29, 0.717) is 51.3 Å². The summed E-state index contributed by atoms with van der Waals surface area (Å²) in [7, 11) is 0. The minimum absolute atomic E-state index is 0. The number of benzene rings is 2. The van der Waals surface area contributed by atoms with Crippen molar-refractivity contribution >= 4 is 59.9 Å². The Labute approximate surface area is 352 Å². The highest BCUT2D eigenvalue weighted by Crippen LogP contribution is 2.18. The number of aryl methyl sites for hydroxylation is 1. The molecule has 2 aromatic carbocycles. The molecule has 0 radical (unpaired) electrons. The molecule has 15 nitrogen and oxygen atoms in total. The minimum Gasteiger partial charge on any atom is -0.394 e. The Morgan fingerprint density at radius 2 is 1.51 bits per heavy atom. The van der Waals surface area contributed by atoms with Crippen LogP contribution >= 0.6 is 36.4 Å². The van der Waals surface area contributed by atoms with Crippen LogP contribution in [0.5, 0.6) is 0 Å². The smallest absolute Gasteiger partial charge is 0.273 e. The molecule has 1 aromatic heterocycles. The van der Waals surface area contributed by atoms with Crippen LogP contribution in [0.25, 0.3) is 0 Å². The summed E-state index contributed by atoms with van der Waals surface area (Å²) in [6.07, 6.45) is -0.863. The molecule has 2 amide bonds. The number of hydrogen-bond acceptors (Lipinski definition) is 13. The average Bonchev–Trinajstić information content (AvgIpc) is 3.18. The van der Waals surface area contributed by atoms with Gasteiger partial charge in [-0.05, 0) is 80.6 Å². The van der Waals surface area contributed by atoms with Crippen molar-refractivity contribution in [3.05, 3.63) is 81.6 Å². The fraction of sp³-hybridized carbons (Fsp3) is 0.538. The number of hydrogen-bond donors (Lipinski definition) is 10. The largest absolute Gasteiger partial charge is 0.394 e. The van der Waals surface area contributed by atoms with Crippen LogP contribution in [-0.4, -0.2) is 129 Å². The van der Waals surface area contributed by atoms with Crippen LogP contribution < -0.4 is 27.4 Å². The van der Waals surface area contributed by atoms with Crippen LogP contribution in [0.2, 0.25) is 5.15 Å². The minimum atomic E-state index is -1.69. The first-order chi connectivity index (χ1) is 26.3. The molecule has 5 unspecified atom stereocenters. The summed E-state index contributed by atoms with van der Waals surface area (Å²) < 4.78 is 0. The summed E-state index contributed by atoms with van der Waals surface area (Å²) in [6, 6.07) is 15.5. The molecule has 18 heteroatoms. The Kier molecular flexibility index (Phi) is 24.8. The second-order valence-electron chi connectivity index (χ2n) is 13.9. The van der Waals surface area contributed by atoms with Gasteiger partial charge in [-0.15, -0.1) is 24.8 Å². The van der Waals surface area contributed by atoms with E-state index in [1.165, 1.54) is 5.56 Å². The third-order valence-electron chi connectivity index (χ3n) is 9.49. The van der Waals surface area contributed by atoms with E-state index in [4.69, 9.17) is 28.2 Å². The maximum atomic E-state index is 13.0. The van der Waals surface area contributed by atoms with Crippen molar-refractivity contribution in [2.75, 3.05) is 63.9 Å². The Hall–Kier alpha value is -3.35. The zero-order valence-corrected chi connectivity index (χ0v) is 35.0. The molecule has 0 saturated heterocycles. The summed E-state index contributed by atoms with van der Waals surface area (Å²) in [5.74, 6) is -0.831. The molecule has 0 saturated carbocycles. The second-order valence-corrected chi connectivity index (χ2v) is 14.3. The number of nitrogens with one attached hydrogen (secondary N) is 3. The zero-order chi connectivity index (χ0) is 40.3. The summed E-state index contributed by atoms with van der Waals surface area (Å²) in [5.41, 5.74) is 15.3. The lowest BCUT2D eigenvalue weighted by atomic mass is 9.95. The molecular weight excluding hydrogens is 799 g/mol. The first-order valence-electron chi connectivity index (χ1n) is 18.9. The van der Waals surface area contributed by atoms with Gasteiger partial charge in [0, 0.05) is 31.7 Å². The highest BCUT2D eigenvalue weighted by Gasteiger charge is 2.31. The molecule has 1 heterocycles. The van der Waals surface area contributed by atoms with Crippen LogP contribution in [-0.2, 0) is 12.8 Å². The maximum absolute atomic E-state index is 13.0. The van der Waals surface area contributed by atoms with Gasteiger partial charge in [0.1, 0.15) is 18.3 Å². The van der Waals surface area contributed by atoms with E-state index in [-0.39, 0.29) is 65.7 Å². The van der Waals surface area contributed by atoms with Crippen molar-refractivity contribution < 1.29 is 35.1 Å². The van der Waals surface area contributed by atoms with Gasteiger partial charge in [-0.25, -0.2) is 9.97 Å². The Balaban J connectivity index is 0.00000812. The molecular formula is C39H61Cl3N8O7. The molecule has 0 aliphatic rings. The maximum Gasteiger partial charge on any atom is 0.273 e. The number of nitrogens with zero attached hydrogens (tertiary/aromatic N) is 3. The third-order valence-corrected chi connectivity index (χ3v) is 9.77. The normalized spacial score (nSPS) is 13.8. The molecule has 3 rings (SSSR count). The lowest BCUT2D eigenvalue weighted by molar-refractivity contribution is -0.119. The fourth-order valence-electron chi connectivity index (χ4n) is 6.08. The fourth-order valence-corrected chi connectivity index (χ4v) is 6.21. The van der Waals surface area contributed by atoms with E-state index < -0.39 is 36.9 Å². The molecule has 0 bridgehead atoms. The Morgan fingerprint density at radius 3 is 2.18 bits per heavy atom. The van der Waals surface area contributed by atoms with Crippen LogP contribution in [0.15, 0.2) is 48.5 Å². The molecule has 0 fully saturated rings. The standard InChI is InChI=1S/C39H59ClN8O7.2ClH/c1-3-4-5-8-18-48(23-30(50)33(52)34(53)31(51)24-49)19-17-44-38(54)28-13-11-26(12-14-28)15-16-43-21-27(20-29-10-7-6-9-25(29)2)22-45-39(55)32-36(41)47-37(42)35(40)46-32;;/h6-7,9-14,27,30-31,33-34,43,49-53H,3-5,8,15-24H2,1-2H3,(H,44,54)(H,45,55)(H4,41,42,47);2*1H. The molecule has 57 heavy (non-hydrogen) atoms. The summed E-state index contributed by atoms with van der Waals surface area (Å²) >= 11 is 5.97.